The molecule has 0 saturated carbocycles. The maximum Gasteiger partial charge on any atom is 0.407 e. The molecule has 0 unspecified atom stereocenters. The number of carbonyl (C=O) groups is 2. The summed E-state index contributed by atoms with van der Waals surface area (Å²) in [6, 6.07) is 8.45. The third-order valence-electron chi connectivity index (χ3n) is 5.86. The molecule has 1 N–H and O–H groups in total. The first kappa shape index (κ1) is 20.3. The predicted octanol–water partition coefficient (Wildman–Crippen LogP) is 2.55. The van der Waals surface area contributed by atoms with Crippen LogP contribution >= 0.6 is 0 Å². The summed E-state index contributed by atoms with van der Waals surface area (Å²) >= 11 is 0. The topological polar surface area (TPSA) is 108 Å². The van der Waals surface area contributed by atoms with Crippen LogP contribution in [0.15, 0.2) is 41.4 Å². The molecule has 0 aliphatic carbocycles. The molecule has 1 saturated heterocycles. The zero-order valence-electron chi connectivity index (χ0n) is 16.6. The lowest BCUT2D eigenvalue weighted by Gasteiger charge is -2.30. The van der Waals surface area contributed by atoms with Crippen LogP contribution in [0.3, 0.4) is 0 Å². The normalized spacial score (nSPS) is 17.1. The summed E-state index contributed by atoms with van der Waals surface area (Å²) in [7, 11) is -3.29. The van der Waals surface area contributed by atoms with Crippen LogP contribution in [0.25, 0.3) is 0 Å². The Morgan fingerprint density at radius 3 is 2.43 bits per heavy atom. The van der Waals surface area contributed by atoms with E-state index in [1.54, 1.807) is 29.3 Å². The van der Waals surface area contributed by atoms with Crippen LogP contribution in [0.4, 0.5) is 10.5 Å². The SMILES string of the molecule is CS(=O)(=O)c1ccc2c(c1)CCN2C(=O)c1ccc(C2CCN(C(=O)O)CC2)cn1. The summed E-state index contributed by atoms with van der Waals surface area (Å²) in [6.45, 7) is 1.49. The highest BCUT2D eigenvalue weighted by atomic mass is 32.2. The number of rotatable bonds is 3. The molecular formula is C21H23N3O5S. The Kier molecular flexibility index (Phi) is 5.23. The Morgan fingerprint density at radius 1 is 1.10 bits per heavy atom. The molecular weight excluding hydrogens is 406 g/mol. The number of fused-ring (bicyclic) bond motifs is 1. The number of nitrogens with zero attached hydrogens (tertiary/aromatic N) is 3. The number of anilines is 1. The molecule has 2 aliphatic rings. The summed E-state index contributed by atoms with van der Waals surface area (Å²) in [5, 5.41) is 9.06. The van der Waals surface area contributed by atoms with Crippen molar-refractivity contribution in [3.63, 3.8) is 0 Å². The number of carbonyl (C=O) groups excluding carboxylic acids is 1. The first-order valence-electron chi connectivity index (χ1n) is 9.82. The lowest BCUT2D eigenvalue weighted by atomic mass is 9.90. The third-order valence-corrected chi connectivity index (χ3v) is 6.97. The first-order valence-corrected chi connectivity index (χ1v) is 11.7. The number of hydrogen-bond acceptors (Lipinski definition) is 5. The second kappa shape index (κ2) is 7.71. The Bertz CT molecular complexity index is 1090. The minimum atomic E-state index is -3.29. The van der Waals surface area contributed by atoms with Crippen molar-refractivity contribution in [1.82, 2.24) is 9.88 Å². The van der Waals surface area contributed by atoms with Gasteiger partial charge in [-0.1, -0.05) is 6.07 Å². The van der Waals surface area contributed by atoms with E-state index in [-0.39, 0.29) is 16.7 Å². The predicted molar refractivity (Wildman–Crippen MR) is 111 cm³/mol. The van der Waals surface area contributed by atoms with Gasteiger partial charge in [0, 0.05) is 37.8 Å². The van der Waals surface area contributed by atoms with Gasteiger partial charge < -0.3 is 14.9 Å². The van der Waals surface area contributed by atoms with Gasteiger partial charge in [0.25, 0.3) is 5.91 Å². The quantitative estimate of drug-likeness (QED) is 0.803. The lowest BCUT2D eigenvalue weighted by Crippen LogP contribution is -2.36. The van der Waals surface area contributed by atoms with E-state index in [2.05, 4.69) is 4.98 Å². The van der Waals surface area contributed by atoms with E-state index in [1.165, 1.54) is 17.2 Å². The van der Waals surface area contributed by atoms with Crippen LogP contribution in [0, 0.1) is 0 Å². The van der Waals surface area contributed by atoms with Gasteiger partial charge >= 0.3 is 6.09 Å². The fraction of sp³-hybridized carbons (Fsp3) is 0.381. The zero-order chi connectivity index (χ0) is 21.5. The van der Waals surface area contributed by atoms with Crippen molar-refractivity contribution in [1.29, 1.82) is 0 Å². The van der Waals surface area contributed by atoms with Crippen molar-refractivity contribution in [2.45, 2.75) is 30.1 Å². The molecule has 158 valence electrons. The van der Waals surface area contributed by atoms with Crippen molar-refractivity contribution in [2.75, 3.05) is 30.8 Å². The van der Waals surface area contributed by atoms with E-state index in [0.717, 1.165) is 29.7 Å². The molecule has 1 aromatic heterocycles. The molecule has 8 nitrogen and oxygen atoms in total. The average molecular weight is 429 g/mol. The number of pyridine rings is 1. The fourth-order valence-electron chi connectivity index (χ4n) is 4.14. The molecule has 0 spiro atoms. The standard InChI is InChI=1S/C21H23N3O5S/c1-30(28,29)17-3-5-19-15(12-17)8-11-24(19)20(25)18-4-2-16(13-22-18)14-6-9-23(10-7-14)21(26)27/h2-5,12-14H,6-11H2,1H3,(H,26,27). The van der Waals surface area contributed by atoms with E-state index in [1.807, 2.05) is 6.07 Å². The highest BCUT2D eigenvalue weighted by Gasteiger charge is 2.28. The van der Waals surface area contributed by atoms with Gasteiger partial charge in [0.05, 0.1) is 4.90 Å². The number of hydrogen-bond donors (Lipinski definition) is 1. The van der Waals surface area contributed by atoms with E-state index in [4.69, 9.17) is 5.11 Å². The van der Waals surface area contributed by atoms with Crippen molar-refractivity contribution in [3.8, 4) is 0 Å². The van der Waals surface area contributed by atoms with Crippen LogP contribution in [-0.2, 0) is 16.3 Å². The third kappa shape index (κ3) is 3.89. The Labute approximate surface area is 175 Å². The molecule has 2 aromatic rings. The van der Waals surface area contributed by atoms with Gasteiger partial charge in [-0.05, 0) is 60.6 Å². The highest BCUT2D eigenvalue weighted by Crippen LogP contribution is 2.32. The maximum atomic E-state index is 13.0. The van der Waals surface area contributed by atoms with Crippen LogP contribution in [0.1, 0.15) is 40.4 Å². The molecule has 1 fully saturated rings. The van der Waals surface area contributed by atoms with Gasteiger partial charge in [-0.25, -0.2) is 13.2 Å². The molecule has 0 atom stereocenters. The summed E-state index contributed by atoms with van der Waals surface area (Å²) in [6.07, 6.45) is 4.07. The summed E-state index contributed by atoms with van der Waals surface area (Å²) < 4.78 is 23.5. The Morgan fingerprint density at radius 2 is 1.83 bits per heavy atom. The van der Waals surface area contributed by atoms with Crippen molar-refractivity contribution < 1.29 is 23.1 Å². The molecule has 1 aromatic carbocycles. The second-order valence-electron chi connectivity index (χ2n) is 7.79. The van der Waals surface area contributed by atoms with Gasteiger partial charge in [0.2, 0.25) is 0 Å². The number of benzene rings is 1. The van der Waals surface area contributed by atoms with Gasteiger partial charge in [-0.2, -0.15) is 0 Å². The average Bonchev–Trinajstić information content (AvgIpc) is 3.16. The Balaban J connectivity index is 1.47. The van der Waals surface area contributed by atoms with Crippen LogP contribution in [0.2, 0.25) is 0 Å². The largest absolute Gasteiger partial charge is 0.465 e. The maximum absolute atomic E-state index is 13.0. The molecule has 9 heteroatoms. The Hall–Kier alpha value is -2.94. The number of carboxylic acid groups (broad SMARTS) is 1. The van der Waals surface area contributed by atoms with E-state index in [9.17, 15) is 18.0 Å². The minimum Gasteiger partial charge on any atom is -0.465 e. The highest BCUT2D eigenvalue weighted by molar-refractivity contribution is 7.90. The number of aromatic nitrogens is 1. The zero-order valence-corrected chi connectivity index (χ0v) is 17.4. The van der Waals surface area contributed by atoms with Crippen LogP contribution in [0.5, 0.6) is 0 Å². The van der Waals surface area contributed by atoms with Gasteiger partial charge in [-0.15, -0.1) is 0 Å². The van der Waals surface area contributed by atoms with Crippen LogP contribution in [-0.4, -0.2) is 61.3 Å². The summed E-state index contributed by atoms with van der Waals surface area (Å²) in [5.74, 6) is 0.0206. The molecule has 4 rings (SSSR count). The second-order valence-corrected chi connectivity index (χ2v) is 9.81. The van der Waals surface area contributed by atoms with E-state index >= 15 is 0 Å². The van der Waals surface area contributed by atoms with Crippen molar-refractivity contribution in [2.24, 2.45) is 0 Å². The number of likely N-dealkylation sites (tertiary alicyclic amines) is 1. The number of amides is 2. The monoisotopic (exact) mass is 429 g/mol. The van der Waals surface area contributed by atoms with Crippen molar-refractivity contribution in [3.05, 3.63) is 53.3 Å². The van der Waals surface area contributed by atoms with Gasteiger partial charge in [0.1, 0.15) is 5.69 Å². The minimum absolute atomic E-state index is 0.215. The molecule has 0 radical (unpaired) electrons. The smallest absolute Gasteiger partial charge is 0.407 e. The van der Waals surface area contributed by atoms with Gasteiger partial charge in [0.15, 0.2) is 9.84 Å². The number of piperidine rings is 1. The molecule has 2 amide bonds. The molecule has 3 heterocycles. The first-order chi connectivity index (χ1) is 14.2. The van der Waals surface area contributed by atoms with E-state index < -0.39 is 15.9 Å². The van der Waals surface area contributed by atoms with Crippen LogP contribution < -0.4 is 4.90 Å². The lowest BCUT2D eigenvalue weighted by molar-refractivity contribution is 0.0984. The fourth-order valence-corrected chi connectivity index (χ4v) is 4.81. The molecule has 2 aliphatic heterocycles. The summed E-state index contributed by atoms with van der Waals surface area (Å²) in [5.41, 5.74) is 2.91. The van der Waals surface area contributed by atoms with Gasteiger partial charge in [-0.3, -0.25) is 9.78 Å². The summed E-state index contributed by atoms with van der Waals surface area (Å²) in [4.78, 5) is 31.7. The van der Waals surface area contributed by atoms with E-state index in [0.29, 0.717) is 31.7 Å². The number of sulfone groups is 1. The molecule has 0 bridgehead atoms. The van der Waals surface area contributed by atoms with Crippen molar-refractivity contribution >= 4 is 27.5 Å². The molecule has 30 heavy (non-hydrogen) atoms.